The number of aromatic hydroxyl groups is 1. The van der Waals surface area contributed by atoms with Gasteiger partial charge in [0.2, 0.25) is 0 Å². The van der Waals surface area contributed by atoms with Gasteiger partial charge in [-0.15, -0.1) is 0 Å². The molecule has 0 saturated heterocycles. The molecule has 0 radical (unpaired) electrons. The Balaban J connectivity index is 2.23. The van der Waals surface area contributed by atoms with Crippen molar-refractivity contribution in [1.29, 1.82) is 0 Å². The quantitative estimate of drug-likeness (QED) is 0.829. The molecule has 0 fully saturated rings. The summed E-state index contributed by atoms with van der Waals surface area (Å²) in [5.74, 6) is 0.386. The summed E-state index contributed by atoms with van der Waals surface area (Å²) in [5.41, 5.74) is -0.145. The topological polar surface area (TPSA) is 29.5 Å². The predicted octanol–water partition coefficient (Wildman–Crippen LogP) is 5.17. The third-order valence-corrected chi connectivity index (χ3v) is 3.12. The minimum absolute atomic E-state index is 0.145. The summed E-state index contributed by atoms with van der Waals surface area (Å²) in [7, 11) is 0. The van der Waals surface area contributed by atoms with Gasteiger partial charge < -0.3 is 9.84 Å². The molecule has 1 N–H and O–H groups in total. The van der Waals surface area contributed by atoms with Gasteiger partial charge in [0.15, 0.2) is 0 Å². The van der Waals surface area contributed by atoms with Gasteiger partial charge >= 0.3 is 6.18 Å². The Bertz CT molecular complexity index is 598. The first kappa shape index (κ1) is 14.5. The van der Waals surface area contributed by atoms with Gasteiger partial charge in [0.1, 0.15) is 17.2 Å². The van der Waals surface area contributed by atoms with E-state index in [2.05, 4.69) is 0 Å². The minimum Gasteiger partial charge on any atom is -0.506 e. The third kappa shape index (κ3) is 3.17. The highest BCUT2D eigenvalue weighted by Crippen LogP contribution is 2.35. The molecule has 0 unspecified atom stereocenters. The van der Waals surface area contributed by atoms with Crippen molar-refractivity contribution in [2.45, 2.75) is 13.1 Å². The van der Waals surface area contributed by atoms with Crippen LogP contribution in [0, 0.1) is 6.92 Å². The number of benzene rings is 2. The molecule has 0 amide bonds. The van der Waals surface area contributed by atoms with E-state index < -0.39 is 11.7 Å². The van der Waals surface area contributed by atoms with Gasteiger partial charge in [-0.1, -0.05) is 11.6 Å². The number of rotatable bonds is 2. The highest BCUT2D eigenvalue weighted by Gasteiger charge is 2.30. The first-order chi connectivity index (χ1) is 9.27. The van der Waals surface area contributed by atoms with Crippen molar-refractivity contribution in [3.8, 4) is 17.2 Å². The molecule has 0 aromatic heterocycles. The molecule has 0 atom stereocenters. The van der Waals surface area contributed by atoms with Crippen molar-refractivity contribution in [2.24, 2.45) is 0 Å². The second-order valence-electron chi connectivity index (χ2n) is 4.20. The van der Waals surface area contributed by atoms with Gasteiger partial charge in [-0.3, -0.25) is 0 Å². The van der Waals surface area contributed by atoms with Gasteiger partial charge in [-0.2, -0.15) is 13.2 Å². The fourth-order valence-corrected chi connectivity index (χ4v) is 1.73. The zero-order valence-electron chi connectivity index (χ0n) is 10.3. The molecule has 0 aliphatic carbocycles. The Kier molecular flexibility index (Phi) is 3.81. The van der Waals surface area contributed by atoms with Crippen LogP contribution in [0.3, 0.4) is 0 Å². The van der Waals surface area contributed by atoms with E-state index >= 15 is 0 Å². The fourth-order valence-electron chi connectivity index (χ4n) is 1.63. The second kappa shape index (κ2) is 5.25. The average Bonchev–Trinajstić information content (AvgIpc) is 2.35. The number of halogens is 4. The standard InChI is InChI=1S/C14H10ClF3O2/c1-8-6-11(7-12(19)13(8)15)20-10-4-2-9(3-5-10)14(16,17)18/h2-7,19H,1H3. The van der Waals surface area contributed by atoms with Crippen molar-refractivity contribution < 1.29 is 23.0 Å². The summed E-state index contributed by atoms with van der Waals surface area (Å²) in [4.78, 5) is 0. The van der Waals surface area contributed by atoms with E-state index in [9.17, 15) is 18.3 Å². The van der Waals surface area contributed by atoms with E-state index in [1.807, 2.05) is 0 Å². The largest absolute Gasteiger partial charge is 0.506 e. The van der Waals surface area contributed by atoms with E-state index in [4.69, 9.17) is 16.3 Å². The molecule has 0 spiro atoms. The van der Waals surface area contributed by atoms with Gasteiger partial charge in [-0.25, -0.2) is 0 Å². The maximum Gasteiger partial charge on any atom is 0.416 e. The van der Waals surface area contributed by atoms with Crippen molar-refractivity contribution >= 4 is 11.6 Å². The predicted molar refractivity (Wildman–Crippen MR) is 69.4 cm³/mol. The first-order valence-electron chi connectivity index (χ1n) is 5.61. The zero-order valence-corrected chi connectivity index (χ0v) is 11.1. The van der Waals surface area contributed by atoms with Crippen LogP contribution in [-0.2, 0) is 6.18 Å². The monoisotopic (exact) mass is 302 g/mol. The number of hydrogen-bond acceptors (Lipinski definition) is 2. The zero-order chi connectivity index (χ0) is 14.9. The molecule has 106 valence electrons. The molecule has 2 aromatic carbocycles. The van der Waals surface area contributed by atoms with Crippen LogP contribution >= 0.6 is 11.6 Å². The Morgan fingerprint density at radius 1 is 1.05 bits per heavy atom. The Labute approximate surface area is 118 Å². The van der Waals surface area contributed by atoms with Gasteiger partial charge in [0.05, 0.1) is 10.6 Å². The maximum atomic E-state index is 12.4. The molecule has 0 saturated carbocycles. The van der Waals surface area contributed by atoms with Crippen LogP contribution in [0.1, 0.15) is 11.1 Å². The molecule has 2 rings (SSSR count). The lowest BCUT2D eigenvalue weighted by atomic mass is 10.2. The molecule has 0 heterocycles. The minimum atomic E-state index is -4.38. The third-order valence-electron chi connectivity index (χ3n) is 2.63. The van der Waals surface area contributed by atoms with E-state index in [1.165, 1.54) is 18.2 Å². The number of alkyl halides is 3. The van der Waals surface area contributed by atoms with E-state index in [0.717, 1.165) is 12.1 Å². The lowest BCUT2D eigenvalue weighted by molar-refractivity contribution is -0.137. The SMILES string of the molecule is Cc1cc(Oc2ccc(C(F)(F)F)cc2)cc(O)c1Cl. The molecule has 2 aromatic rings. The van der Waals surface area contributed by atoms with Crippen LogP contribution in [0.4, 0.5) is 13.2 Å². The van der Waals surface area contributed by atoms with Crippen molar-refractivity contribution in [1.82, 2.24) is 0 Å². The molecular formula is C14H10ClF3O2. The molecule has 2 nitrogen and oxygen atoms in total. The van der Waals surface area contributed by atoms with Crippen molar-refractivity contribution in [3.63, 3.8) is 0 Å². The number of hydrogen-bond donors (Lipinski definition) is 1. The molecule has 0 aliphatic rings. The second-order valence-corrected chi connectivity index (χ2v) is 4.58. The first-order valence-corrected chi connectivity index (χ1v) is 5.99. The average molecular weight is 303 g/mol. The summed E-state index contributed by atoms with van der Waals surface area (Å²) < 4.78 is 42.6. The van der Waals surface area contributed by atoms with E-state index in [1.54, 1.807) is 13.0 Å². The number of aryl methyl sites for hydroxylation is 1. The van der Waals surface area contributed by atoms with E-state index in [-0.39, 0.29) is 16.5 Å². The van der Waals surface area contributed by atoms with Crippen LogP contribution in [0.25, 0.3) is 0 Å². The molecular weight excluding hydrogens is 293 g/mol. The molecule has 0 aliphatic heterocycles. The normalized spacial score (nSPS) is 11.4. The van der Waals surface area contributed by atoms with E-state index in [0.29, 0.717) is 11.3 Å². The van der Waals surface area contributed by atoms with Crippen molar-refractivity contribution in [2.75, 3.05) is 0 Å². The number of phenols is 1. The van der Waals surface area contributed by atoms with Crippen LogP contribution in [0.15, 0.2) is 36.4 Å². The van der Waals surface area contributed by atoms with Gasteiger partial charge in [-0.05, 0) is 42.8 Å². The maximum absolute atomic E-state index is 12.4. The summed E-state index contributed by atoms with van der Waals surface area (Å²) in [6, 6.07) is 7.16. The molecule has 20 heavy (non-hydrogen) atoms. The van der Waals surface area contributed by atoms with Gasteiger partial charge in [0, 0.05) is 6.07 Å². The Hall–Kier alpha value is -1.88. The lowest BCUT2D eigenvalue weighted by Crippen LogP contribution is -2.03. The summed E-state index contributed by atoms with van der Waals surface area (Å²) in [5, 5.41) is 9.76. The summed E-state index contributed by atoms with van der Waals surface area (Å²) >= 11 is 5.79. The number of phenolic OH excluding ortho intramolecular Hbond substituents is 1. The van der Waals surface area contributed by atoms with Crippen LogP contribution in [-0.4, -0.2) is 5.11 Å². The summed E-state index contributed by atoms with van der Waals surface area (Å²) in [6.07, 6.45) is -4.38. The van der Waals surface area contributed by atoms with Crippen LogP contribution in [0.2, 0.25) is 5.02 Å². The Morgan fingerprint density at radius 2 is 1.65 bits per heavy atom. The number of ether oxygens (including phenoxy) is 1. The Morgan fingerprint density at radius 3 is 2.15 bits per heavy atom. The van der Waals surface area contributed by atoms with Crippen molar-refractivity contribution in [3.05, 3.63) is 52.5 Å². The van der Waals surface area contributed by atoms with Crippen LogP contribution in [0.5, 0.6) is 17.2 Å². The van der Waals surface area contributed by atoms with Gasteiger partial charge in [0.25, 0.3) is 0 Å². The highest BCUT2D eigenvalue weighted by atomic mass is 35.5. The lowest BCUT2D eigenvalue weighted by Gasteiger charge is -2.10. The molecule has 6 heteroatoms. The molecule has 0 bridgehead atoms. The summed E-state index contributed by atoms with van der Waals surface area (Å²) in [6.45, 7) is 1.68. The smallest absolute Gasteiger partial charge is 0.416 e. The highest BCUT2D eigenvalue weighted by molar-refractivity contribution is 6.32. The fraction of sp³-hybridized carbons (Fsp3) is 0.143. The van der Waals surface area contributed by atoms with Crippen LogP contribution < -0.4 is 4.74 Å².